The van der Waals surface area contributed by atoms with Crippen LogP contribution in [0.15, 0.2) is 23.2 Å². The van der Waals surface area contributed by atoms with Gasteiger partial charge in [-0.25, -0.2) is 4.39 Å². The number of hydrogen-bond acceptors (Lipinski definition) is 3. The number of rotatable bonds is 4. The lowest BCUT2D eigenvalue weighted by molar-refractivity contribution is 0.256. The highest BCUT2D eigenvalue weighted by molar-refractivity contribution is 14.0. The molecule has 1 aromatic rings. The SMILES string of the molecule is CN=C(NCc1cc(C#N)ccc1F)NC1CC(C)N(C2CC2)C1.I. The number of aliphatic imine (C=N–C) groups is 1. The molecule has 0 bridgehead atoms. The summed E-state index contributed by atoms with van der Waals surface area (Å²) >= 11 is 0. The van der Waals surface area contributed by atoms with Gasteiger partial charge in [-0.05, 0) is 44.4 Å². The summed E-state index contributed by atoms with van der Waals surface area (Å²) in [5.41, 5.74) is 0.928. The Morgan fingerprint density at radius 2 is 2.20 bits per heavy atom. The Morgan fingerprint density at radius 3 is 2.84 bits per heavy atom. The van der Waals surface area contributed by atoms with E-state index >= 15 is 0 Å². The molecule has 7 heteroatoms. The molecular weight excluding hydrogens is 432 g/mol. The summed E-state index contributed by atoms with van der Waals surface area (Å²) in [6.07, 6.45) is 3.73. The fraction of sp³-hybridized carbons (Fsp3) is 0.556. The van der Waals surface area contributed by atoms with Gasteiger partial charge in [0.15, 0.2) is 5.96 Å². The van der Waals surface area contributed by atoms with E-state index in [-0.39, 0.29) is 29.8 Å². The Hall–Kier alpha value is -1.40. The second-order valence-electron chi connectivity index (χ2n) is 6.70. The first-order valence-corrected chi connectivity index (χ1v) is 8.52. The number of nitrogens with one attached hydrogen (secondary N) is 2. The number of likely N-dealkylation sites (tertiary alicyclic amines) is 1. The Kier molecular flexibility index (Phi) is 7.02. The van der Waals surface area contributed by atoms with Crippen molar-refractivity contribution in [3.8, 4) is 6.07 Å². The molecule has 136 valence electrons. The van der Waals surface area contributed by atoms with Crippen molar-refractivity contribution in [3.63, 3.8) is 0 Å². The summed E-state index contributed by atoms with van der Waals surface area (Å²) in [4.78, 5) is 6.81. The monoisotopic (exact) mass is 457 g/mol. The van der Waals surface area contributed by atoms with Crippen molar-refractivity contribution in [2.75, 3.05) is 13.6 Å². The van der Waals surface area contributed by atoms with E-state index in [9.17, 15) is 4.39 Å². The Labute approximate surface area is 165 Å². The van der Waals surface area contributed by atoms with Crippen LogP contribution in [0.3, 0.4) is 0 Å². The quantitative estimate of drug-likeness (QED) is 0.415. The molecule has 5 nitrogen and oxygen atoms in total. The van der Waals surface area contributed by atoms with Crippen LogP contribution in [0.4, 0.5) is 4.39 Å². The Bertz CT molecular complexity index is 668. The highest BCUT2D eigenvalue weighted by atomic mass is 127. The number of guanidine groups is 1. The minimum Gasteiger partial charge on any atom is -0.352 e. The van der Waals surface area contributed by atoms with Gasteiger partial charge in [-0.15, -0.1) is 24.0 Å². The molecule has 0 amide bonds. The van der Waals surface area contributed by atoms with Crippen LogP contribution in [0.25, 0.3) is 0 Å². The van der Waals surface area contributed by atoms with Gasteiger partial charge in [0.05, 0.1) is 11.6 Å². The summed E-state index contributed by atoms with van der Waals surface area (Å²) in [6, 6.07) is 8.15. The van der Waals surface area contributed by atoms with E-state index in [2.05, 4.69) is 27.4 Å². The largest absolute Gasteiger partial charge is 0.352 e. The fourth-order valence-corrected chi connectivity index (χ4v) is 3.42. The first-order chi connectivity index (χ1) is 11.6. The summed E-state index contributed by atoms with van der Waals surface area (Å²) in [5, 5.41) is 15.5. The third-order valence-corrected chi connectivity index (χ3v) is 4.82. The standard InChI is InChI=1S/C18H24FN5.HI/c1-12-7-15(11-24(12)16-4-5-16)23-18(21-2)22-10-14-8-13(9-20)3-6-17(14)19;/h3,6,8,12,15-16H,4-5,7,10-11H2,1-2H3,(H2,21,22,23);1H. The molecule has 2 fully saturated rings. The maximum atomic E-state index is 13.8. The molecule has 2 atom stereocenters. The van der Waals surface area contributed by atoms with E-state index in [1.807, 2.05) is 6.07 Å². The number of nitriles is 1. The van der Waals surface area contributed by atoms with Gasteiger partial charge in [0.2, 0.25) is 0 Å². The second kappa shape index (κ2) is 8.81. The van der Waals surface area contributed by atoms with E-state index in [0.29, 0.717) is 35.7 Å². The van der Waals surface area contributed by atoms with Crippen LogP contribution in [0.2, 0.25) is 0 Å². The molecule has 1 aliphatic heterocycles. The van der Waals surface area contributed by atoms with Crippen LogP contribution >= 0.6 is 24.0 Å². The first kappa shape index (κ1) is 19.9. The van der Waals surface area contributed by atoms with Gasteiger partial charge in [-0.1, -0.05) is 0 Å². The molecule has 25 heavy (non-hydrogen) atoms. The minimum atomic E-state index is -0.314. The normalized spacial score (nSPS) is 23.7. The van der Waals surface area contributed by atoms with Gasteiger partial charge in [-0.2, -0.15) is 5.26 Å². The van der Waals surface area contributed by atoms with E-state index < -0.39 is 0 Å². The van der Waals surface area contributed by atoms with Crippen LogP contribution in [-0.2, 0) is 6.54 Å². The molecule has 0 radical (unpaired) electrons. The maximum absolute atomic E-state index is 13.8. The molecule has 2 unspecified atom stereocenters. The maximum Gasteiger partial charge on any atom is 0.191 e. The van der Waals surface area contributed by atoms with Gasteiger partial charge < -0.3 is 10.6 Å². The molecule has 0 spiro atoms. The van der Waals surface area contributed by atoms with E-state index in [4.69, 9.17) is 5.26 Å². The topological polar surface area (TPSA) is 63.5 Å². The molecule has 1 saturated carbocycles. The average Bonchev–Trinajstić information content (AvgIpc) is 3.36. The highest BCUT2D eigenvalue weighted by Gasteiger charge is 2.38. The number of nitrogens with zero attached hydrogens (tertiary/aromatic N) is 3. The minimum absolute atomic E-state index is 0. The second-order valence-corrected chi connectivity index (χ2v) is 6.70. The van der Waals surface area contributed by atoms with Gasteiger partial charge >= 0.3 is 0 Å². The lowest BCUT2D eigenvalue weighted by atomic mass is 10.1. The predicted octanol–water partition coefficient (Wildman–Crippen LogP) is 2.61. The molecular formula is C18H25FIN5. The van der Waals surface area contributed by atoms with E-state index in [1.54, 1.807) is 13.1 Å². The van der Waals surface area contributed by atoms with Crippen molar-refractivity contribution in [2.45, 2.75) is 50.9 Å². The molecule has 0 aromatic heterocycles. The first-order valence-electron chi connectivity index (χ1n) is 8.52. The van der Waals surface area contributed by atoms with Crippen molar-refractivity contribution < 1.29 is 4.39 Å². The van der Waals surface area contributed by atoms with Crippen molar-refractivity contribution in [1.82, 2.24) is 15.5 Å². The zero-order valence-electron chi connectivity index (χ0n) is 14.6. The molecule has 2 N–H and O–H groups in total. The summed E-state index contributed by atoms with van der Waals surface area (Å²) < 4.78 is 13.8. The highest BCUT2D eigenvalue weighted by Crippen LogP contribution is 2.33. The molecule has 2 aliphatic rings. The molecule has 1 aromatic carbocycles. The third-order valence-electron chi connectivity index (χ3n) is 4.82. The van der Waals surface area contributed by atoms with E-state index in [0.717, 1.165) is 19.0 Å². The molecule has 1 aliphatic carbocycles. The summed E-state index contributed by atoms with van der Waals surface area (Å²) in [6.45, 7) is 3.61. The van der Waals surface area contributed by atoms with Crippen molar-refractivity contribution in [2.24, 2.45) is 4.99 Å². The predicted molar refractivity (Wildman–Crippen MR) is 107 cm³/mol. The molecule has 3 rings (SSSR count). The molecule has 1 saturated heterocycles. The van der Waals surface area contributed by atoms with Crippen LogP contribution < -0.4 is 10.6 Å². The summed E-state index contributed by atoms with van der Waals surface area (Å²) in [7, 11) is 1.72. The number of halogens is 2. The average molecular weight is 457 g/mol. The van der Waals surface area contributed by atoms with Crippen LogP contribution in [0.1, 0.15) is 37.3 Å². The molecule has 1 heterocycles. The lowest BCUT2D eigenvalue weighted by Crippen LogP contribution is -2.44. The Morgan fingerprint density at radius 1 is 1.44 bits per heavy atom. The van der Waals surface area contributed by atoms with Gasteiger partial charge in [0.25, 0.3) is 0 Å². The van der Waals surface area contributed by atoms with Gasteiger partial charge in [0.1, 0.15) is 5.82 Å². The van der Waals surface area contributed by atoms with Crippen LogP contribution in [0.5, 0.6) is 0 Å². The van der Waals surface area contributed by atoms with Gasteiger partial charge in [-0.3, -0.25) is 9.89 Å². The lowest BCUT2D eigenvalue weighted by Gasteiger charge is -2.20. The zero-order valence-corrected chi connectivity index (χ0v) is 17.0. The van der Waals surface area contributed by atoms with Crippen LogP contribution in [-0.4, -0.2) is 42.6 Å². The Balaban J connectivity index is 0.00000225. The fourth-order valence-electron chi connectivity index (χ4n) is 3.42. The smallest absolute Gasteiger partial charge is 0.191 e. The van der Waals surface area contributed by atoms with Crippen LogP contribution in [0, 0.1) is 17.1 Å². The van der Waals surface area contributed by atoms with Gasteiger partial charge in [0, 0.05) is 43.8 Å². The number of hydrogen-bond donors (Lipinski definition) is 2. The van der Waals surface area contributed by atoms with Crippen molar-refractivity contribution in [3.05, 3.63) is 35.1 Å². The zero-order chi connectivity index (χ0) is 17.1. The van der Waals surface area contributed by atoms with E-state index in [1.165, 1.54) is 25.0 Å². The summed E-state index contributed by atoms with van der Waals surface area (Å²) in [5.74, 6) is 0.359. The van der Waals surface area contributed by atoms with Crippen molar-refractivity contribution in [1.29, 1.82) is 5.26 Å². The third kappa shape index (κ3) is 5.05. The van der Waals surface area contributed by atoms with Crippen molar-refractivity contribution >= 4 is 29.9 Å². The number of benzene rings is 1.